The second kappa shape index (κ2) is 6.91. The van der Waals surface area contributed by atoms with Crippen molar-refractivity contribution in [3.8, 4) is 5.75 Å². The molecule has 1 aromatic carbocycles. The molecule has 0 spiro atoms. The number of benzene rings is 1. The number of rotatable bonds is 4. The van der Waals surface area contributed by atoms with Crippen LogP contribution in [0.3, 0.4) is 0 Å². The summed E-state index contributed by atoms with van der Waals surface area (Å²) in [6.45, 7) is 4.95. The number of carbonyl (C=O) groups is 1. The van der Waals surface area contributed by atoms with Gasteiger partial charge in [-0.25, -0.2) is 4.79 Å². The van der Waals surface area contributed by atoms with Crippen molar-refractivity contribution in [1.82, 2.24) is 4.90 Å². The Morgan fingerprint density at radius 2 is 2.12 bits per heavy atom. The van der Waals surface area contributed by atoms with E-state index in [-0.39, 0.29) is 12.0 Å². The molecule has 1 saturated heterocycles. The Bertz CT molecular complexity index is 796. The maximum atomic E-state index is 12.4. The van der Waals surface area contributed by atoms with Crippen LogP contribution < -0.4 is 10.4 Å². The van der Waals surface area contributed by atoms with E-state index in [9.17, 15) is 9.59 Å². The SMILES string of the molecule is Cc1cccc(CC(=O)N2CCC(Oc3cc(C)oc(=O)c3)C2)c1. The molecule has 3 rings (SSSR count). The first-order chi connectivity index (χ1) is 11.5. The third kappa shape index (κ3) is 4.04. The van der Waals surface area contributed by atoms with Crippen LogP contribution in [0.2, 0.25) is 0 Å². The molecule has 0 radical (unpaired) electrons. The number of aryl methyl sites for hydroxylation is 2. The molecule has 1 unspecified atom stereocenters. The van der Waals surface area contributed by atoms with E-state index in [1.165, 1.54) is 6.07 Å². The fourth-order valence-corrected chi connectivity index (χ4v) is 3.00. The molecule has 2 heterocycles. The smallest absolute Gasteiger partial charge is 0.339 e. The highest BCUT2D eigenvalue weighted by Gasteiger charge is 2.27. The van der Waals surface area contributed by atoms with Crippen molar-refractivity contribution in [3.05, 3.63) is 63.7 Å². The van der Waals surface area contributed by atoms with E-state index in [4.69, 9.17) is 9.15 Å². The highest BCUT2D eigenvalue weighted by atomic mass is 16.5. The van der Waals surface area contributed by atoms with Gasteiger partial charge in [0.1, 0.15) is 17.6 Å². The van der Waals surface area contributed by atoms with Gasteiger partial charge in [0, 0.05) is 19.0 Å². The topological polar surface area (TPSA) is 59.8 Å². The number of amides is 1. The van der Waals surface area contributed by atoms with Crippen molar-refractivity contribution < 1.29 is 13.9 Å². The number of nitrogens with zero attached hydrogens (tertiary/aromatic N) is 1. The zero-order valence-electron chi connectivity index (χ0n) is 14.0. The van der Waals surface area contributed by atoms with Crippen LogP contribution in [0.4, 0.5) is 0 Å². The van der Waals surface area contributed by atoms with Crippen molar-refractivity contribution in [2.45, 2.75) is 32.8 Å². The molecule has 5 heteroatoms. The highest BCUT2D eigenvalue weighted by Crippen LogP contribution is 2.19. The minimum Gasteiger partial charge on any atom is -0.488 e. The fourth-order valence-electron chi connectivity index (χ4n) is 3.00. The summed E-state index contributed by atoms with van der Waals surface area (Å²) in [6.07, 6.45) is 1.08. The molecule has 0 aliphatic carbocycles. The quantitative estimate of drug-likeness (QED) is 0.865. The summed E-state index contributed by atoms with van der Waals surface area (Å²) >= 11 is 0. The minimum atomic E-state index is -0.421. The summed E-state index contributed by atoms with van der Waals surface area (Å²) in [5.41, 5.74) is 1.76. The summed E-state index contributed by atoms with van der Waals surface area (Å²) in [5.74, 6) is 1.13. The molecule has 1 amide bonds. The van der Waals surface area contributed by atoms with Gasteiger partial charge in [-0.2, -0.15) is 0 Å². The molecule has 1 aromatic heterocycles. The van der Waals surface area contributed by atoms with Gasteiger partial charge >= 0.3 is 5.63 Å². The van der Waals surface area contributed by atoms with E-state index in [0.29, 0.717) is 31.0 Å². The van der Waals surface area contributed by atoms with Gasteiger partial charge < -0.3 is 14.1 Å². The van der Waals surface area contributed by atoms with Crippen LogP contribution in [-0.2, 0) is 11.2 Å². The standard InChI is InChI=1S/C19H21NO4/c1-13-4-3-5-15(8-13)10-18(21)20-7-6-16(12-20)24-17-9-14(2)23-19(22)11-17/h3-5,8-9,11,16H,6-7,10,12H2,1-2H3. The first-order valence-electron chi connectivity index (χ1n) is 8.11. The van der Waals surface area contributed by atoms with E-state index >= 15 is 0 Å². The summed E-state index contributed by atoms with van der Waals surface area (Å²) < 4.78 is 10.8. The van der Waals surface area contributed by atoms with E-state index in [1.54, 1.807) is 13.0 Å². The van der Waals surface area contributed by atoms with Crippen molar-refractivity contribution >= 4 is 5.91 Å². The first kappa shape index (κ1) is 16.3. The predicted octanol–water partition coefficient (Wildman–Crippen LogP) is 2.48. The summed E-state index contributed by atoms with van der Waals surface area (Å²) in [5, 5.41) is 0. The molecule has 0 bridgehead atoms. The summed E-state index contributed by atoms with van der Waals surface area (Å²) in [4.78, 5) is 25.6. The number of likely N-dealkylation sites (tertiary alicyclic amines) is 1. The second-order valence-electron chi connectivity index (χ2n) is 6.26. The van der Waals surface area contributed by atoms with Crippen molar-refractivity contribution in [2.75, 3.05) is 13.1 Å². The van der Waals surface area contributed by atoms with E-state index in [1.807, 2.05) is 36.1 Å². The maximum Gasteiger partial charge on any atom is 0.339 e. The van der Waals surface area contributed by atoms with Gasteiger partial charge in [0.15, 0.2) is 0 Å². The third-order valence-electron chi connectivity index (χ3n) is 4.11. The molecule has 1 aliphatic heterocycles. The van der Waals surface area contributed by atoms with Gasteiger partial charge in [-0.3, -0.25) is 4.79 Å². The Labute approximate surface area is 140 Å². The second-order valence-corrected chi connectivity index (χ2v) is 6.26. The fraction of sp³-hybridized carbons (Fsp3) is 0.368. The monoisotopic (exact) mass is 327 g/mol. The molecule has 0 N–H and O–H groups in total. The lowest BCUT2D eigenvalue weighted by Gasteiger charge is -2.17. The molecule has 5 nitrogen and oxygen atoms in total. The highest BCUT2D eigenvalue weighted by molar-refractivity contribution is 5.79. The van der Waals surface area contributed by atoms with E-state index < -0.39 is 5.63 Å². The maximum absolute atomic E-state index is 12.4. The molecule has 0 saturated carbocycles. The van der Waals surface area contributed by atoms with Gasteiger partial charge in [0.2, 0.25) is 5.91 Å². The number of ether oxygens (including phenoxy) is 1. The van der Waals surface area contributed by atoms with Crippen LogP contribution >= 0.6 is 0 Å². The molecular weight excluding hydrogens is 306 g/mol. The molecular formula is C19H21NO4. The largest absolute Gasteiger partial charge is 0.488 e. The van der Waals surface area contributed by atoms with Crippen LogP contribution in [0.5, 0.6) is 5.75 Å². The van der Waals surface area contributed by atoms with Gasteiger partial charge in [-0.15, -0.1) is 0 Å². The van der Waals surface area contributed by atoms with E-state index in [2.05, 4.69) is 0 Å². The van der Waals surface area contributed by atoms with Crippen molar-refractivity contribution in [1.29, 1.82) is 0 Å². The number of carbonyl (C=O) groups excluding carboxylic acids is 1. The minimum absolute atomic E-state index is 0.0901. The lowest BCUT2D eigenvalue weighted by Crippen LogP contribution is -2.32. The van der Waals surface area contributed by atoms with Crippen molar-refractivity contribution in [2.24, 2.45) is 0 Å². The lowest BCUT2D eigenvalue weighted by molar-refractivity contribution is -0.129. The van der Waals surface area contributed by atoms with Crippen LogP contribution in [0.1, 0.15) is 23.3 Å². The van der Waals surface area contributed by atoms with Crippen molar-refractivity contribution in [3.63, 3.8) is 0 Å². The van der Waals surface area contributed by atoms with Gasteiger partial charge in [0.05, 0.1) is 19.0 Å². The Morgan fingerprint density at radius 3 is 2.88 bits per heavy atom. The molecule has 2 aromatic rings. The van der Waals surface area contributed by atoms with Crippen LogP contribution in [-0.4, -0.2) is 30.0 Å². The molecule has 1 aliphatic rings. The lowest BCUT2D eigenvalue weighted by atomic mass is 10.1. The Balaban J connectivity index is 1.58. The first-order valence-corrected chi connectivity index (χ1v) is 8.11. The third-order valence-corrected chi connectivity index (χ3v) is 4.11. The Hall–Kier alpha value is -2.56. The van der Waals surface area contributed by atoms with Gasteiger partial charge in [-0.05, 0) is 19.4 Å². The molecule has 126 valence electrons. The Kier molecular flexibility index (Phi) is 4.69. The van der Waals surface area contributed by atoms with Crippen LogP contribution in [0, 0.1) is 13.8 Å². The molecule has 1 fully saturated rings. The zero-order chi connectivity index (χ0) is 17.1. The van der Waals surface area contributed by atoms with Crippen LogP contribution in [0.15, 0.2) is 45.6 Å². The average molecular weight is 327 g/mol. The van der Waals surface area contributed by atoms with E-state index in [0.717, 1.165) is 17.5 Å². The normalized spacial score (nSPS) is 17.1. The molecule has 1 atom stereocenters. The van der Waals surface area contributed by atoms with Gasteiger partial charge in [-0.1, -0.05) is 29.8 Å². The summed E-state index contributed by atoms with van der Waals surface area (Å²) in [6, 6.07) is 11.0. The number of hydrogen-bond acceptors (Lipinski definition) is 4. The zero-order valence-corrected chi connectivity index (χ0v) is 14.0. The number of hydrogen-bond donors (Lipinski definition) is 0. The molecule has 24 heavy (non-hydrogen) atoms. The predicted molar refractivity (Wildman–Crippen MR) is 90.2 cm³/mol. The summed E-state index contributed by atoms with van der Waals surface area (Å²) in [7, 11) is 0. The van der Waals surface area contributed by atoms with Crippen LogP contribution in [0.25, 0.3) is 0 Å². The Morgan fingerprint density at radius 1 is 1.29 bits per heavy atom. The average Bonchev–Trinajstić information content (AvgIpc) is 2.94. The van der Waals surface area contributed by atoms with Gasteiger partial charge in [0.25, 0.3) is 0 Å².